The second kappa shape index (κ2) is 5.34. The first-order chi connectivity index (χ1) is 10.0. The number of rotatable bonds is 2. The Labute approximate surface area is 140 Å². The largest absolute Gasteiger partial charge is 0.495 e. The highest BCUT2D eigenvalue weighted by molar-refractivity contribution is 14.1. The van der Waals surface area contributed by atoms with Crippen LogP contribution in [0.2, 0.25) is 5.02 Å². The van der Waals surface area contributed by atoms with Crippen molar-refractivity contribution < 1.29 is 4.74 Å². The number of hydrogen-bond donors (Lipinski definition) is 1. The number of methoxy groups -OCH3 is 1. The zero-order valence-electron chi connectivity index (χ0n) is 11.4. The molecule has 0 saturated carbocycles. The summed E-state index contributed by atoms with van der Waals surface area (Å²) in [6.07, 6.45) is 1.47. The van der Waals surface area contributed by atoms with Crippen LogP contribution in [0, 0.1) is 3.70 Å². The molecule has 5 nitrogen and oxygen atoms in total. The summed E-state index contributed by atoms with van der Waals surface area (Å²) in [4.78, 5) is 8.42. The fraction of sp³-hybridized carbons (Fsp3) is 0.143. The molecule has 3 rings (SSSR count). The lowest BCUT2D eigenvalue weighted by molar-refractivity contribution is 0.415. The predicted octanol–water partition coefficient (Wildman–Crippen LogP) is 3.48. The Balaban J connectivity index is 2.37. The Morgan fingerprint density at radius 1 is 1.33 bits per heavy atom. The summed E-state index contributed by atoms with van der Waals surface area (Å²) < 4.78 is 8.31. The fourth-order valence-electron chi connectivity index (χ4n) is 2.33. The van der Waals surface area contributed by atoms with Gasteiger partial charge in [0.25, 0.3) is 0 Å². The van der Waals surface area contributed by atoms with E-state index in [1.807, 2.05) is 29.8 Å². The van der Waals surface area contributed by atoms with E-state index in [-0.39, 0.29) is 0 Å². The molecule has 0 radical (unpaired) electrons. The number of nitrogen functional groups attached to an aromatic ring is 1. The second-order valence-electron chi connectivity index (χ2n) is 4.53. The molecule has 0 fully saturated rings. The van der Waals surface area contributed by atoms with Gasteiger partial charge in [-0.05, 0) is 40.3 Å². The molecule has 0 saturated heterocycles. The summed E-state index contributed by atoms with van der Waals surface area (Å²) in [5.41, 5.74) is 8.81. The molecule has 2 aromatic heterocycles. The van der Waals surface area contributed by atoms with E-state index in [2.05, 4.69) is 32.6 Å². The van der Waals surface area contributed by atoms with Crippen LogP contribution in [0.15, 0.2) is 24.5 Å². The average molecular weight is 415 g/mol. The van der Waals surface area contributed by atoms with Crippen LogP contribution in [-0.2, 0) is 7.05 Å². The number of nitrogens with zero attached hydrogens (tertiary/aromatic N) is 3. The number of anilines is 1. The highest BCUT2D eigenvalue weighted by Gasteiger charge is 2.19. The summed E-state index contributed by atoms with van der Waals surface area (Å²) >= 11 is 8.37. The molecule has 3 aromatic rings. The van der Waals surface area contributed by atoms with Gasteiger partial charge in [-0.2, -0.15) is 0 Å². The molecule has 0 amide bonds. The summed E-state index contributed by atoms with van der Waals surface area (Å²) in [5.74, 6) is 1.08. The number of hydrogen-bond acceptors (Lipinski definition) is 4. The monoisotopic (exact) mass is 414 g/mol. The number of aromatic nitrogens is 3. The molecule has 7 heteroatoms. The van der Waals surface area contributed by atoms with E-state index in [9.17, 15) is 0 Å². The predicted molar refractivity (Wildman–Crippen MR) is 92.6 cm³/mol. The van der Waals surface area contributed by atoms with Crippen molar-refractivity contribution in [2.75, 3.05) is 12.8 Å². The van der Waals surface area contributed by atoms with E-state index in [0.717, 1.165) is 25.9 Å². The van der Waals surface area contributed by atoms with E-state index >= 15 is 0 Å². The van der Waals surface area contributed by atoms with Crippen molar-refractivity contribution in [3.05, 3.63) is 33.2 Å². The first-order valence-corrected chi connectivity index (χ1v) is 7.58. The number of benzene rings is 1. The molecule has 2 heterocycles. The van der Waals surface area contributed by atoms with Gasteiger partial charge in [-0.3, -0.25) is 0 Å². The smallest absolute Gasteiger partial charge is 0.146 e. The van der Waals surface area contributed by atoms with E-state index in [1.54, 1.807) is 7.11 Å². The van der Waals surface area contributed by atoms with Gasteiger partial charge in [0.2, 0.25) is 0 Å². The molecule has 0 bridgehead atoms. The molecule has 21 heavy (non-hydrogen) atoms. The van der Waals surface area contributed by atoms with Gasteiger partial charge < -0.3 is 15.0 Å². The maximum atomic E-state index is 6.10. The third-order valence-electron chi connectivity index (χ3n) is 3.36. The number of aryl methyl sites for hydroxylation is 1. The molecule has 0 atom stereocenters. The molecule has 108 valence electrons. The van der Waals surface area contributed by atoms with Gasteiger partial charge in [-0.15, -0.1) is 0 Å². The van der Waals surface area contributed by atoms with Crippen LogP contribution in [0.1, 0.15) is 0 Å². The molecule has 0 aliphatic heterocycles. The maximum absolute atomic E-state index is 6.10. The van der Waals surface area contributed by atoms with Gasteiger partial charge >= 0.3 is 0 Å². The van der Waals surface area contributed by atoms with Crippen LogP contribution in [0.4, 0.5) is 5.82 Å². The lowest BCUT2D eigenvalue weighted by atomic mass is 10.1. The standard InChI is InChI=1S/C14H12ClIN4O/c1-20-12(16)10(11-13(17)18-6-19-14(11)20)7-3-4-8(15)9(5-7)21-2/h3-6H,1-2H3,(H2,17,18,19). The molecule has 0 spiro atoms. The number of nitrogens with two attached hydrogens (primary N) is 1. The Bertz CT molecular complexity index is 847. The van der Waals surface area contributed by atoms with Crippen molar-refractivity contribution in [2.45, 2.75) is 0 Å². The minimum Gasteiger partial charge on any atom is -0.495 e. The van der Waals surface area contributed by atoms with E-state index < -0.39 is 0 Å². The van der Waals surface area contributed by atoms with Gasteiger partial charge in [-0.1, -0.05) is 17.7 Å². The second-order valence-corrected chi connectivity index (χ2v) is 5.96. The zero-order valence-corrected chi connectivity index (χ0v) is 14.3. The Hall–Kier alpha value is -1.54. The van der Waals surface area contributed by atoms with Crippen LogP contribution < -0.4 is 10.5 Å². The molecular formula is C14H12ClIN4O. The van der Waals surface area contributed by atoms with E-state index in [1.165, 1.54) is 6.33 Å². The van der Waals surface area contributed by atoms with Crippen molar-refractivity contribution in [1.82, 2.24) is 14.5 Å². The number of fused-ring (bicyclic) bond motifs is 1. The molecule has 2 N–H and O–H groups in total. The van der Waals surface area contributed by atoms with Gasteiger partial charge in [0.05, 0.1) is 21.2 Å². The third-order valence-corrected chi connectivity index (χ3v) is 4.94. The molecule has 1 aromatic carbocycles. The van der Waals surface area contributed by atoms with Gasteiger partial charge in [0.15, 0.2) is 0 Å². The minimum atomic E-state index is 0.461. The third kappa shape index (κ3) is 2.22. The van der Waals surface area contributed by atoms with Gasteiger partial charge in [0.1, 0.15) is 23.5 Å². The van der Waals surface area contributed by atoms with Crippen LogP contribution in [0.25, 0.3) is 22.2 Å². The van der Waals surface area contributed by atoms with Gasteiger partial charge in [0, 0.05) is 12.6 Å². The van der Waals surface area contributed by atoms with Crippen molar-refractivity contribution in [3.8, 4) is 16.9 Å². The topological polar surface area (TPSA) is 66.0 Å². The maximum Gasteiger partial charge on any atom is 0.146 e. The quantitative estimate of drug-likeness (QED) is 0.652. The highest BCUT2D eigenvalue weighted by atomic mass is 127. The average Bonchev–Trinajstić information content (AvgIpc) is 2.74. The molecular weight excluding hydrogens is 403 g/mol. The van der Waals surface area contributed by atoms with Crippen molar-refractivity contribution in [3.63, 3.8) is 0 Å². The van der Waals surface area contributed by atoms with Crippen LogP contribution >= 0.6 is 34.2 Å². The first-order valence-electron chi connectivity index (χ1n) is 6.13. The van der Waals surface area contributed by atoms with E-state index in [4.69, 9.17) is 22.1 Å². The fourth-order valence-corrected chi connectivity index (χ4v) is 3.33. The molecule has 0 aliphatic carbocycles. The Morgan fingerprint density at radius 3 is 2.81 bits per heavy atom. The highest BCUT2D eigenvalue weighted by Crippen LogP contribution is 2.39. The molecule has 0 aliphatic rings. The van der Waals surface area contributed by atoms with Crippen LogP contribution in [-0.4, -0.2) is 21.6 Å². The lowest BCUT2D eigenvalue weighted by Gasteiger charge is -2.07. The van der Waals surface area contributed by atoms with Crippen LogP contribution in [0.5, 0.6) is 5.75 Å². The normalized spacial score (nSPS) is 11.0. The summed E-state index contributed by atoms with van der Waals surface area (Å²) in [5, 5.41) is 1.41. The summed E-state index contributed by atoms with van der Waals surface area (Å²) in [6.45, 7) is 0. The van der Waals surface area contributed by atoms with Crippen molar-refractivity contribution in [1.29, 1.82) is 0 Å². The van der Waals surface area contributed by atoms with Crippen LogP contribution in [0.3, 0.4) is 0 Å². The first kappa shape index (κ1) is 14.4. The summed E-state index contributed by atoms with van der Waals surface area (Å²) in [6, 6.07) is 5.64. The zero-order chi connectivity index (χ0) is 15.1. The minimum absolute atomic E-state index is 0.461. The number of halogens is 2. The SMILES string of the molecule is COc1cc(-c2c(I)n(C)c3ncnc(N)c23)ccc1Cl. The Morgan fingerprint density at radius 2 is 2.10 bits per heavy atom. The van der Waals surface area contributed by atoms with Crippen molar-refractivity contribution in [2.24, 2.45) is 7.05 Å². The number of ether oxygens (including phenoxy) is 1. The lowest BCUT2D eigenvalue weighted by Crippen LogP contribution is -1.95. The van der Waals surface area contributed by atoms with E-state index in [0.29, 0.717) is 16.6 Å². The summed E-state index contributed by atoms with van der Waals surface area (Å²) in [7, 11) is 3.55. The molecule has 0 unspecified atom stereocenters. The Kier molecular flexibility index (Phi) is 3.66. The van der Waals surface area contributed by atoms with Crippen molar-refractivity contribution >= 4 is 51.0 Å². The van der Waals surface area contributed by atoms with Gasteiger partial charge in [-0.25, -0.2) is 9.97 Å².